The van der Waals surface area contributed by atoms with Gasteiger partial charge in [-0.25, -0.2) is 8.42 Å². The fourth-order valence-corrected chi connectivity index (χ4v) is 5.16. The smallest absolute Gasteiger partial charge is 0.256 e. The SMILES string of the molecule is CSc1ccc(C(=O)Nc2ccc(Cl)c(-c3ccccn3)c2)c(-c2ccccc2S(C)(=O)=O)c1. The number of hydrogen-bond acceptors (Lipinski definition) is 5. The summed E-state index contributed by atoms with van der Waals surface area (Å²) in [6, 6.07) is 22.8. The predicted molar refractivity (Wildman–Crippen MR) is 139 cm³/mol. The van der Waals surface area contributed by atoms with Gasteiger partial charge in [0.05, 0.1) is 15.6 Å². The Kier molecular flexibility index (Phi) is 7.07. The standard InChI is InChI=1S/C26H21ClN2O3S2/c1-33-18-11-12-20(21(16-18)19-7-3-4-9-25(19)34(2,31)32)26(30)29-17-10-13-23(27)22(15-17)24-8-5-6-14-28-24/h3-16H,1-2H3,(H,29,30). The minimum Gasteiger partial charge on any atom is -0.322 e. The number of amides is 1. The van der Waals surface area contributed by atoms with E-state index in [4.69, 9.17) is 11.6 Å². The molecule has 0 atom stereocenters. The Labute approximate surface area is 208 Å². The number of rotatable bonds is 6. The second kappa shape index (κ2) is 10.0. The molecule has 0 spiro atoms. The summed E-state index contributed by atoms with van der Waals surface area (Å²) in [5.41, 5.74) is 3.33. The van der Waals surface area contributed by atoms with Crippen molar-refractivity contribution in [3.63, 3.8) is 0 Å². The van der Waals surface area contributed by atoms with Gasteiger partial charge in [0.15, 0.2) is 9.84 Å². The molecule has 0 fully saturated rings. The summed E-state index contributed by atoms with van der Waals surface area (Å²) in [6.07, 6.45) is 4.76. The molecule has 8 heteroatoms. The van der Waals surface area contributed by atoms with Crippen molar-refractivity contribution in [2.75, 3.05) is 17.8 Å². The lowest BCUT2D eigenvalue weighted by atomic mass is 9.99. The third-order valence-electron chi connectivity index (χ3n) is 5.21. The first-order chi connectivity index (χ1) is 16.3. The van der Waals surface area contributed by atoms with Gasteiger partial charge in [-0.15, -0.1) is 11.8 Å². The second-order valence-corrected chi connectivity index (χ2v) is 10.8. The van der Waals surface area contributed by atoms with Gasteiger partial charge in [-0.05, 0) is 66.4 Å². The van der Waals surface area contributed by atoms with Crippen molar-refractivity contribution < 1.29 is 13.2 Å². The van der Waals surface area contributed by atoms with Crippen LogP contribution in [0.3, 0.4) is 0 Å². The van der Waals surface area contributed by atoms with Gasteiger partial charge in [-0.3, -0.25) is 9.78 Å². The summed E-state index contributed by atoms with van der Waals surface area (Å²) < 4.78 is 24.9. The van der Waals surface area contributed by atoms with Gasteiger partial charge in [-0.1, -0.05) is 35.9 Å². The van der Waals surface area contributed by atoms with Crippen LogP contribution in [-0.4, -0.2) is 31.8 Å². The maximum atomic E-state index is 13.4. The number of nitrogens with one attached hydrogen (secondary N) is 1. The summed E-state index contributed by atoms with van der Waals surface area (Å²) in [4.78, 5) is 18.8. The number of anilines is 1. The van der Waals surface area contributed by atoms with Crippen LogP contribution in [0.1, 0.15) is 10.4 Å². The molecule has 172 valence electrons. The fraction of sp³-hybridized carbons (Fsp3) is 0.0769. The van der Waals surface area contributed by atoms with Crippen LogP contribution in [-0.2, 0) is 9.84 Å². The van der Waals surface area contributed by atoms with Crippen molar-refractivity contribution in [2.24, 2.45) is 0 Å². The first-order valence-corrected chi connectivity index (χ1v) is 13.8. The number of sulfone groups is 1. The van der Waals surface area contributed by atoms with E-state index in [2.05, 4.69) is 10.3 Å². The first-order valence-electron chi connectivity index (χ1n) is 10.3. The first kappa shape index (κ1) is 24.0. The highest BCUT2D eigenvalue weighted by Gasteiger charge is 2.20. The molecule has 4 aromatic rings. The predicted octanol–water partition coefficient (Wildman–Crippen LogP) is 6.45. The summed E-state index contributed by atoms with van der Waals surface area (Å²) in [5.74, 6) is -0.361. The summed E-state index contributed by atoms with van der Waals surface area (Å²) in [5, 5.41) is 3.44. The number of carbonyl (C=O) groups excluding carboxylic acids is 1. The number of carbonyl (C=O) groups is 1. The van der Waals surface area contributed by atoms with Crippen molar-refractivity contribution in [2.45, 2.75) is 9.79 Å². The maximum absolute atomic E-state index is 13.4. The van der Waals surface area contributed by atoms with E-state index in [-0.39, 0.29) is 10.8 Å². The summed E-state index contributed by atoms with van der Waals surface area (Å²) >= 11 is 7.88. The number of hydrogen-bond donors (Lipinski definition) is 1. The van der Waals surface area contributed by atoms with Gasteiger partial charge in [0, 0.05) is 39.7 Å². The van der Waals surface area contributed by atoms with Gasteiger partial charge < -0.3 is 5.32 Å². The average molecular weight is 509 g/mol. The molecule has 0 radical (unpaired) electrons. The largest absolute Gasteiger partial charge is 0.322 e. The Hall–Kier alpha value is -3.13. The van der Waals surface area contributed by atoms with Gasteiger partial charge in [0.2, 0.25) is 0 Å². The minimum absolute atomic E-state index is 0.172. The quantitative estimate of drug-likeness (QED) is 0.303. The Bertz CT molecular complexity index is 1470. The molecule has 1 heterocycles. The number of thioether (sulfide) groups is 1. The summed E-state index contributed by atoms with van der Waals surface area (Å²) in [6.45, 7) is 0. The number of halogens is 1. The Morgan fingerprint density at radius 2 is 1.68 bits per heavy atom. The van der Waals surface area contributed by atoms with E-state index < -0.39 is 9.84 Å². The molecule has 3 aromatic carbocycles. The lowest BCUT2D eigenvalue weighted by Crippen LogP contribution is -2.14. The molecule has 1 N–H and O–H groups in total. The zero-order valence-corrected chi connectivity index (χ0v) is 20.8. The van der Waals surface area contributed by atoms with Crippen molar-refractivity contribution >= 4 is 44.8 Å². The van der Waals surface area contributed by atoms with Crippen molar-refractivity contribution in [3.05, 3.63) is 95.6 Å². The Balaban J connectivity index is 1.77. The van der Waals surface area contributed by atoms with Crippen LogP contribution in [0.25, 0.3) is 22.4 Å². The van der Waals surface area contributed by atoms with Gasteiger partial charge >= 0.3 is 0 Å². The molecule has 0 aliphatic carbocycles. The zero-order chi connectivity index (χ0) is 24.3. The van der Waals surface area contributed by atoms with E-state index in [9.17, 15) is 13.2 Å². The van der Waals surface area contributed by atoms with Gasteiger partial charge in [0.25, 0.3) is 5.91 Å². The molecule has 0 saturated heterocycles. The van der Waals surface area contributed by atoms with E-state index in [1.807, 2.05) is 36.6 Å². The molecule has 1 aromatic heterocycles. The lowest BCUT2D eigenvalue weighted by Gasteiger charge is -2.15. The van der Waals surface area contributed by atoms with Crippen molar-refractivity contribution in [1.82, 2.24) is 4.98 Å². The molecule has 0 aliphatic heterocycles. The molecule has 34 heavy (non-hydrogen) atoms. The fourth-order valence-electron chi connectivity index (χ4n) is 3.60. The van der Waals surface area contributed by atoms with Crippen molar-refractivity contribution in [1.29, 1.82) is 0 Å². The van der Waals surface area contributed by atoms with Crippen LogP contribution in [0, 0.1) is 0 Å². The van der Waals surface area contributed by atoms with E-state index >= 15 is 0 Å². The molecule has 5 nitrogen and oxygen atoms in total. The number of benzene rings is 3. The van der Waals surface area contributed by atoms with Crippen molar-refractivity contribution in [3.8, 4) is 22.4 Å². The van der Waals surface area contributed by atoms with E-state index in [0.717, 1.165) is 11.2 Å². The summed E-state index contributed by atoms with van der Waals surface area (Å²) in [7, 11) is -3.50. The highest BCUT2D eigenvalue weighted by atomic mass is 35.5. The van der Waals surface area contributed by atoms with Gasteiger partial charge in [-0.2, -0.15) is 0 Å². The molecule has 0 bridgehead atoms. The minimum atomic E-state index is -3.50. The Morgan fingerprint density at radius 3 is 2.38 bits per heavy atom. The number of pyridine rings is 1. The van der Waals surface area contributed by atoms with Crippen LogP contribution in [0.4, 0.5) is 5.69 Å². The van der Waals surface area contributed by atoms with Gasteiger partial charge in [0.1, 0.15) is 0 Å². The van der Waals surface area contributed by atoms with Crippen LogP contribution in [0.5, 0.6) is 0 Å². The van der Waals surface area contributed by atoms with Crippen LogP contribution in [0.15, 0.2) is 94.9 Å². The molecular formula is C26H21ClN2O3S2. The monoisotopic (exact) mass is 508 g/mol. The second-order valence-electron chi connectivity index (χ2n) is 7.54. The van der Waals surface area contributed by atoms with Crippen LogP contribution < -0.4 is 5.32 Å². The highest BCUT2D eigenvalue weighted by Crippen LogP contribution is 2.34. The lowest BCUT2D eigenvalue weighted by molar-refractivity contribution is 0.102. The van der Waals surface area contributed by atoms with E-state index in [1.54, 1.807) is 54.7 Å². The molecule has 4 rings (SSSR count). The molecule has 1 amide bonds. The topological polar surface area (TPSA) is 76.1 Å². The molecule has 0 saturated carbocycles. The molecular weight excluding hydrogens is 488 g/mol. The molecule has 0 aliphatic rings. The highest BCUT2D eigenvalue weighted by molar-refractivity contribution is 7.98. The van der Waals surface area contributed by atoms with Crippen LogP contribution >= 0.6 is 23.4 Å². The normalized spacial score (nSPS) is 11.3. The maximum Gasteiger partial charge on any atom is 0.256 e. The van der Waals surface area contributed by atoms with E-state index in [0.29, 0.717) is 38.7 Å². The van der Waals surface area contributed by atoms with Crippen LogP contribution in [0.2, 0.25) is 5.02 Å². The zero-order valence-electron chi connectivity index (χ0n) is 18.4. The third-order valence-corrected chi connectivity index (χ3v) is 7.42. The van der Waals surface area contributed by atoms with E-state index in [1.165, 1.54) is 11.8 Å². The third kappa shape index (κ3) is 5.17. The Morgan fingerprint density at radius 1 is 0.912 bits per heavy atom. The number of nitrogens with zero attached hydrogens (tertiary/aromatic N) is 1. The number of aromatic nitrogens is 1. The average Bonchev–Trinajstić information content (AvgIpc) is 2.84. The molecule has 0 unspecified atom stereocenters.